The maximum atomic E-state index is 13.6. The summed E-state index contributed by atoms with van der Waals surface area (Å²) in [6, 6.07) is 4.04. The van der Waals surface area contributed by atoms with Gasteiger partial charge < -0.3 is 0 Å². The lowest BCUT2D eigenvalue weighted by molar-refractivity contribution is 0.359. The molecule has 0 saturated heterocycles. The molecule has 17 heavy (non-hydrogen) atoms. The summed E-state index contributed by atoms with van der Waals surface area (Å²) in [5, 5.41) is 0. The third-order valence-electron chi connectivity index (χ3n) is 3.79. The minimum Gasteiger partial charge on any atom is -0.207 e. The number of benzene rings is 1. The van der Waals surface area contributed by atoms with Crippen LogP contribution in [0.15, 0.2) is 18.2 Å². The van der Waals surface area contributed by atoms with Crippen LogP contribution < -0.4 is 0 Å². The van der Waals surface area contributed by atoms with Crippen LogP contribution in [0.25, 0.3) is 0 Å². The topological polar surface area (TPSA) is 0 Å². The third-order valence-corrected chi connectivity index (χ3v) is 4.19. The van der Waals surface area contributed by atoms with E-state index in [1.54, 1.807) is 0 Å². The highest BCUT2D eigenvalue weighted by molar-refractivity contribution is 6.18. The van der Waals surface area contributed by atoms with Gasteiger partial charge in [0.05, 0.1) is 0 Å². The highest BCUT2D eigenvalue weighted by Gasteiger charge is 2.26. The molecule has 1 aromatic rings. The summed E-state index contributed by atoms with van der Waals surface area (Å²) < 4.78 is 27.1. The zero-order chi connectivity index (χ0) is 12.3. The van der Waals surface area contributed by atoms with Crippen molar-refractivity contribution in [3.63, 3.8) is 0 Å². The summed E-state index contributed by atoms with van der Waals surface area (Å²) in [5.41, 5.74) is 0.199. The Morgan fingerprint density at radius 2 is 1.76 bits per heavy atom. The second kappa shape index (κ2) is 5.81. The van der Waals surface area contributed by atoms with E-state index in [4.69, 9.17) is 11.6 Å². The van der Waals surface area contributed by atoms with Gasteiger partial charge in [0, 0.05) is 11.4 Å². The van der Waals surface area contributed by atoms with E-state index in [0.29, 0.717) is 18.2 Å². The molecule has 2 rings (SSSR count). The SMILES string of the molecule is Fc1cccc(F)c1CC(CCl)C1CCCC1. The van der Waals surface area contributed by atoms with Gasteiger partial charge in [-0.3, -0.25) is 0 Å². The van der Waals surface area contributed by atoms with Crippen LogP contribution in [-0.4, -0.2) is 5.88 Å². The van der Waals surface area contributed by atoms with Gasteiger partial charge in [0.25, 0.3) is 0 Å². The van der Waals surface area contributed by atoms with Gasteiger partial charge >= 0.3 is 0 Å². The summed E-state index contributed by atoms with van der Waals surface area (Å²) >= 11 is 5.96. The highest BCUT2D eigenvalue weighted by Crippen LogP contribution is 2.34. The smallest absolute Gasteiger partial charge is 0.129 e. The van der Waals surface area contributed by atoms with Gasteiger partial charge in [-0.05, 0) is 30.4 Å². The molecule has 0 aliphatic heterocycles. The van der Waals surface area contributed by atoms with E-state index < -0.39 is 11.6 Å². The molecule has 0 radical (unpaired) electrons. The Morgan fingerprint density at radius 1 is 1.18 bits per heavy atom. The molecule has 0 amide bonds. The number of rotatable bonds is 4. The Labute approximate surface area is 106 Å². The van der Waals surface area contributed by atoms with Gasteiger partial charge in [-0.1, -0.05) is 31.7 Å². The first-order valence-electron chi connectivity index (χ1n) is 6.21. The zero-order valence-corrected chi connectivity index (χ0v) is 10.5. The molecule has 94 valence electrons. The number of hydrogen-bond donors (Lipinski definition) is 0. The Kier molecular flexibility index (Phi) is 4.38. The zero-order valence-electron chi connectivity index (χ0n) is 9.76. The van der Waals surface area contributed by atoms with Crippen LogP contribution in [0.3, 0.4) is 0 Å². The number of alkyl halides is 1. The van der Waals surface area contributed by atoms with E-state index in [2.05, 4.69) is 0 Å². The molecule has 3 heteroatoms. The van der Waals surface area contributed by atoms with Crippen LogP contribution in [-0.2, 0) is 6.42 Å². The van der Waals surface area contributed by atoms with Gasteiger partial charge in [0.15, 0.2) is 0 Å². The molecule has 1 fully saturated rings. The monoisotopic (exact) mass is 258 g/mol. The minimum absolute atomic E-state index is 0.199. The molecule has 0 aromatic heterocycles. The fraction of sp³-hybridized carbons (Fsp3) is 0.571. The summed E-state index contributed by atoms with van der Waals surface area (Å²) in [4.78, 5) is 0. The normalized spacial score (nSPS) is 18.5. The molecule has 1 unspecified atom stereocenters. The predicted octanol–water partition coefficient (Wildman–Crippen LogP) is 4.55. The van der Waals surface area contributed by atoms with Crippen molar-refractivity contribution in [2.24, 2.45) is 11.8 Å². The van der Waals surface area contributed by atoms with Crippen molar-refractivity contribution >= 4 is 11.6 Å². The lowest BCUT2D eigenvalue weighted by Crippen LogP contribution is -2.18. The van der Waals surface area contributed by atoms with Crippen LogP contribution in [0.4, 0.5) is 8.78 Å². The second-order valence-electron chi connectivity index (χ2n) is 4.86. The van der Waals surface area contributed by atoms with Crippen LogP contribution in [0.2, 0.25) is 0 Å². The van der Waals surface area contributed by atoms with E-state index in [0.717, 1.165) is 12.8 Å². The molecular formula is C14H17ClF2. The Balaban J connectivity index is 2.12. The average molecular weight is 259 g/mol. The molecule has 1 atom stereocenters. The first kappa shape index (κ1) is 12.8. The van der Waals surface area contributed by atoms with Crippen molar-refractivity contribution in [3.05, 3.63) is 35.4 Å². The van der Waals surface area contributed by atoms with Crippen molar-refractivity contribution in [3.8, 4) is 0 Å². The van der Waals surface area contributed by atoms with Crippen LogP contribution in [0.1, 0.15) is 31.2 Å². The quantitative estimate of drug-likeness (QED) is 0.695. The molecule has 1 saturated carbocycles. The van der Waals surface area contributed by atoms with E-state index in [9.17, 15) is 8.78 Å². The van der Waals surface area contributed by atoms with Crippen molar-refractivity contribution in [1.82, 2.24) is 0 Å². The van der Waals surface area contributed by atoms with Gasteiger partial charge in [0.1, 0.15) is 11.6 Å². The fourth-order valence-electron chi connectivity index (χ4n) is 2.77. The number of halogens is 3. The summed E-state index contributed by atoms with van der Waals surface area (Å²) in [6.07, 6.45) is 5.16. The molecule has 1 aliphatic carbocycles. The van der Waals surface area contributed by atoms with Gasteiger partial charge in [0.2, 0.25) is 0 Å². The maximum Gasteiger partial charge on any atom is 0.129 e. The van der Waals surface area contributed by atoms with Gasteiger partial charge in [-0.2, -0.15) is 0 Å². The first-order chi connectivity index (χ1) is 8.22. The predicted molar refractivity (Wildman–Crippen MR) is 66.2 cm³/mol. The standard InChI is InChI=1S/C14H17ClF2/c15-9-11(10-4-1-2-5-10)8-12-13(16)6-3-7-14(12)17/h3,6-7,10-11H,1-2,4-5,8-9H2. The minimum atomic E-state index is -0.446. The Hall–Kier alpha value is -0.630. The van der Waals surface area contributed by atoms with Crippen LogP contribution in [0, 0.1) is 23.5 Å². The molecule has 0 heterocycles. The van der Waals surface area contributed by atoms with Crippen molar-refractivity contribution in [2.45, 2.75) is 32.1 Å². The lowest BCUT2D eigenvalue weighted by Gasteiger charge is -2.21. The molecule has 0 nitrogen and oxygen atoms in total. The van der Waals surface area contributed by atoms with Crippen LogP contribution in [0.5, 0.6) is 0 Å². The fourth-order valence-corrected chi connectivity index (χ4v) is 3.13. The van der Waals surface area contributed by atoms with Gasteiger partial charge in [-0.15, -0.1) is 11.6 Å². The van der Waals surface area contributed by atoms with Crippen molar-refractivity contribution < 1.29 is 8.78 Å². The van der Waals surface area contributed by atoms with Crippen LogP contribution >= 0.6 is 11.6 Å². The molecule has 0 bridgehead atoms. The maximum absolute atomic E-state index is 13.6. The highest BCUT2D eigenvalue weighted by atomic mass is 35.5. The Bertz CT molecular complexity index is 352. The molecule has 0 N–H and O–H groups in total. The summed E-state index contributed by atoms with van der Waals surface area (Å²) in [5.74, 6) is 0.326. The summed E-state index contributed by atoms with van der Waals surface area (Å²) in [7, 11) is 0. The Morgan fingerprint density at radius 3 is 2.29 bits per heavy atom. The average Bonchev–Trinajstić information content (AvgIpc) is 2.82. The van der Waals surface area contributed by atoms with Crippen molar-refractivity contribution in [2.75, 3.05) is 5.88 Å². The van der Waals surface area contributed by atoms with E-state index in [-0.39, 0.29) is 11.5 Å². The molecule has 0 spiro atoms. The van der Waals surface area contributed by atoms with E-state index in [1.807, 2.05) is 0 Å². The van der Waals surface area contributed by atoms with Crippen molar-refractivity contribution in [1.29, 1.82) is 0 Å². The third kappa shape index (κ3) is 2.98. The van der Waals surface area contributed by atoms with E-state index in [1.165, 1.54) is 31.0 Å². The molecular weight excluding hydrogens is 242 g/mol. The van der Waals surface area contributed by atoms with E-state index >= 15 is 0 Å². The lowest BCUT2D eigenvalue weighted by atomic mass is 9.87. The molecule has 1 aromatic carbocycles. The number of hydrogen-bond acceptors (Lipinski definition) is 0. The second-order valence-corrected chi connectivity index (χ2v) is 5.17. The summed E-state index contributed by atoms with van der Waals surface area (Å²) in [6.45, 7) is 0. The first-order valence-corrected chi connectivity index (χ1v) is 6.74. The molecule has 1 aliphatic rings. The largest absolute Gasteiger partial charge is 0.207 e. The van der Waals surface area contributed by atoms with Gasteiger partial charge in [-0.25, -0.2) is 8.78 Å².